The molecule has 346 valence electrons. The van der Waals surface area contributed by atoms with Gasteiger partial charge in [0.15, 0.2) is 6.29 Å². The summed E-state index contributed by atoms with van der Waals surface area (Å²) < 4.78 is 11.2. The second-order valence-corrected chi connectivity index (χ2v) is 15.8. The third-order valence-electron chi connectivity index (χ3n) is 10.4. The molecule has 0 radical (unpaired) electrons. The molecular weight excluding hydrogens is 767 g/mol. The molecule has 0 aromatic carbocycles. The molecule has 0 bridgehead atoms. The van der Waals surface area contributed by atoms with Crippen LogP contribution in [0.25, 0.3) is 0 Å². The number of aliphatic hydroxyl groups is 5. The van der Waals surface area contributed by atoms with E-state index in [4.69, 9.17) is 9.47 Å². The molecule has 0 spiro atoms. The third kappa shape index (κ3) is 31.4. The summed E-state index contributed by atoms with van der Waals surface area (Å²) in [7, 11) is 0. The van der Waals surface area contributed by atoms with Crippen LogP contribution in [0.1, 0.15) is 155 Å². The van der Waals surface area contributed by atoms with Gasteiger partial charge in [0.1, 0.15) is 24.4 Å². The lowest BCUT2D eigenvalue weighted by atomic mass is 9.99. The van der Waals surface area contributed by atoms with E-state index in [1.165, 1.54) is 32.1 Å². The van der Waals surface area contributed by atoms with Crippen molar-refractivity contribution in [3.05, 3.63) is 109 Å². The minimum absolute atomic E-state index is 0.207. The Morgan fingerprint density at radius 3 is 1.51 bits per heavy atom. The fourth-order valence-corrected chi connectivity index (χ4v) is 6.58. The van der Waals surface area contributed by atoms with E-state index in [0.717, 1.165) is 103 Å². The van der Waals surface area contributed by atoms with Crippen LogP contribution < -0.4 is 5.32 Å². The minimum Gasteiger partial charge on any atom is -0.394 e. The summed E-state index contributed by atoms with van der Waals surface area (Å²) in [5, 5.41) is 54.0. The predicted molar refractivity (Wildman–Crippen MR) is 253 cm³/mol. The maximum atomic E-state index is 12.9. The molecule has 1 amide bonds. The van der Waals surface area contributed by atoms with Gasteiger partial charge in [-0.1, -0.05) is 175 Å². The van der Waals surface area contributed by atoms with Gasteiger partial charge >= 0.3 is 0 Å². The lowest BCUT2D eigenvalue weighted by molar-refractivity contribution is -0.302. The fourth-order valence-electron chi connectivity index (χ4n) is 6.58. The predicted octanol–water partition coefficient (Wildman–Crippen LogP) is 10.3. The van der Waals surface area contributed by atoms with Crippen molar-refractivity contribution in [2.75, 3.05) is 13.2 Å². The Hall–Kier alpha value is -3.15. The molecule has 9 heteroatoms. The summed E-state index contributed by atoms with van der Waals surface area (Å²) in [6, 6.07) is -0.824. The quantitative estimate of drug-likeness (QED) is 0.0267. The van der Waals surface area contributed by atoms with Crippen LogP contribution in [0, 0.1) is 0 Å². The normalized spacial score (nSPS) is 21.5. The van der Waals surface area contributed by atoms with E-state index in [1.807, 2.05) is 6.08 Å². The van der Waals surface area contributed by atoms with Crippen molar-refractivity contribution in [3.63, 3.8) is 0 Å². The van der Waals surface area contributed by atoms with Crippen molar-refractivity contribution in [1.82, 2.24) is 5.32 Å². The van der Waals surface area contributed by atoms with Gasteiger partial charge < -0.3 is 40.3 Å². The standard InChI is InChI=1S/C52H85NO8/c1-3-5-7-9-11-13-14-15-16-17-18-19-20-21-22-23-24-25-26-27-28-29-30-31-32-34-36-38-40-42-48(56)53-45(46(55)41-39-37-35-33-12-10-8-6-4-2)44-60-52-51(59)50(58)49(57)47(43-54)61-52/h5,7,11,13,15-16,18-19,21-22,24-25,27-28,30-31,39,41,45-47,49-52,54-55,57-59H,3-4,6,8-10,12,14,17,20,23,26,29,32-38,40,42-44H2,1-2H3,(H,53,56)/b7-5-,13-11-,16-15-,19-18-,22-21-,25-24-,28-27-,31-30-,41-39+. The molecular formula is C52H85NO8. The van der Waals surface area contributed by atoms with Crippen molar-refractivity contribution in [1.29, 1.82) is 0 Å². The van der Waals surface area contributed by atoms with E-state index < -0.39 is 49.5 Å². The van der Waals surface area contributed by atoms with E-state index in [-0.39, 0.29) is 12.5 Å². The van der Waals surface area contributed by atoms with E-state index in [9.17, 15) is 30.3 Å². The molecule has 0 aliphatic carbocycles. The Balaban J connectivity index is 2.28. The topological polar surface area (TPSA) is 149 Å². The Morgan fingerprint density at radius 2 is 1.02 bits per heavy atom. The van der Waals surface area contributed by atoms with E-state index in [1.54, 1.807) is 6.08 Å². The van der Waals surface area contributed by atoms with Gasteiger partial charge in [-0.2, -0.15) is 0 Å². The first-order chi connectivity index (χ1) is 29.8. The van der Waals surface area contributed by atoms with Gasteiger partial charge in [-0.3, -0.25) is 4.79 Å². The van der Waals surface area contributed by atoms with Crippen molar-refractivity contribution >= 4 is 5.91 Å². The zero-order valence-corrected chi connectivity index (χ0v) is 37.9. The number of unbranched alkanes of at least 4 members (excludes halogenated alkanes) is 11. The van der Waals surface area contributed by atoms with Gasteiger partial charge in [-0.25, -0.2) is 0 Å². The van der Waals surface area contributed by atoms with Crippen molar-refractivity contribution in [2.45, 2.75) is 198 Å². The van der Waals surface area contributed by atoms with Gasteiger partial charge in [0.25, 0.3) is 0 Å². The number of rotatable bonds is 37. The first-order valence-electron chi connectivity index (χ1n) is 23.6. The van der Waals surface area contributed by atoms with Crippen LogP contribution in [0.3, 0.4) is 0 Å². The zero-order valence-electron chi connectivity index (χ0n) is 37.9. The average molecular weight is 852 g/mol. The number of allylic oxidation sites excluding steroid dienone is 17. The van der Waals surface area contributed by atoms with Crippen LogP contribution in [0.2, 0.25) is 0 Å². The average Bonchev–Trinajstić information content (AvgIpc) is 3.26. The molecule has 0 aromatic heterocycles. The van der Waals surface area contributed by atoms with Gasteiger partial charge in [0, 0.05) is 6.42 Å². The lowest BCUT2D eigenvalue weighted by Crippen LogP contribution is -2.60. The number of nitrogens with one attached hydrogen (secondary N) is 1. The first-order valence-corrected chi connectivity index (χ1v) is 23.6. The SMILES string of the molecule is CC/C=C\C/C=C\C/C=C\C/C=C\C/C=C\C/C=C\C/C=C\C/C=C\CCCCCCC(=O)NC(COC1OC(CO)C(O)C(O)C1O)C(O)/C=C/CCCCCCCCC. The molecule has 1 rings (SSSR count). The molecule has 7 atom stereocenters. The molecule has 6 N–H and O–H groups in total. The number of hydrogen-bond donors (Lipinski definition) is 6. The van der Waals surface area contributed by atoms with Crippen molar-refractivity contribution in [3.8, 4) is 0 Å². The second-order valence-electron chi connectivity index (χ2n) is 15.8. The molecule has 1 heterocycles. The Kier molecular flexibility index (Phi) is 37.5. The van der Waals surface area contributed by atoms with Crippen LogP contribution in [-0.2, 0) is 14.3 Å². The number of carbonyl (C=O) groups excluding carboxylic acids is 1. The maximum Gasteiger partial charge on any atom is 0.220 e. The molecule has 1 aliphatic rings. The molecule has 7 unspecified atom stereocenters. The van der Waals surface area contributed by atoms with Crippen LogP contribution in [0.4, 0.5) is 0 Å². The molecule has 1 saturated heterocycles. The lowest BCUT2D eigenvalue weighted by Gasteiger charge is -2.40. The van der Waals surface area contributed by atoms with Crippen LogP contribution in [0.5, 0.6) is 0 Å². The minimum atomic E-state index is -1.58. The summed E-state index contributed by atoms with van der Waals surface area (Å²) in [6.07, 6.45) is 52.9. The highest BCUT2D eigenvalue weighted by molar-refractivity contribution is 5.76. The molecule has 0 saturated carbocycles. The third-order valence-corrected chi connectivity index (χ3v) is 10.4. The summed E-state index contributed by atoms with van der Waals surface area (Å²) in [5.41, 5.74) is 0. The highest BCUT2D eigenvalue weighted by Crippen LogP contribution is 2.22. The Bertz CT molecular complexity index is 1310. The van der Waals surface area contributed by atoms with Crippen LogP contribution >= 0.6 is 0 Å². The summed E-state index contributed by atoms with van der Waals surface area (Å²) in [6.45, 7) is 3.58. The van der Waals surface area contributed by atoms with E-state index >= 15 is 0 Å². The maximum absolute atomic E-state index is 12.9. The number of aliphatic hydroxyl groups excluding tert-OH is 5. The fraction of sp³-hybridized carbons (Fsp3) is 0.635. The number of carbonyl (C=O) groups is 1. The first kappa shape index (κ1) is 55.9. The number of ether oxygens (including phenoxy) is 2. The van der Waals surface area contributed by atoms with Crippen molar-refractivity contribution in [2.24, 2.45) is 0 Å². The van der Waals surface area contributed by atoms with Crippen molar-refractivity contribution < 1.29 is 39.8 Å². The molecule has 1 aliphatic heterocycles. The largest absolute Gasteiger partial charge is 0.394 e. The molecule has 61 heavy (non-hydrogen) atoms. The van der Waals surface area contributed by atoms with Gasteiger partial charge in [0.2, 0.25) is 5.91 Å². The van der Waals surface area contributed by atoms with Gasteiger partial charge in [-0.05, 0) is 83.5 Å². The Morgan fingerprint density at radius 1 is 0.574 bits per heavy atom. The smallest absolute Gasteiger partial charge is 0.220 e. The molecule has 0 aromatic rings. The van der Waals surface area contributed by atoms with Crippen LogP contribution in [0.15, 0.2) is 109 Å². The van der Waals surface area contributed by atoms with Gasteiger partial charge in [-0.15, -0.1) is 0 Å². The summed E-state index contributed by atoms with van der Waals surface area (Å²) in [4.78, 5) is 12.9. The second kappa shape index (κ2) is 40.9. The monoisotopic (exact) mass is 852 g/mol. The Labute approximate surface area is 370 Å². The zero-order chi connectivity index (χ0) is 44.4. The summed E-state index contributed by atoms with van der Waals surface area (Å²) in [5.74, 6) is -0.211. The molecule has 1 fully saturated rings. The van der Waals surface area contributed by atoms with Gasteiger partial charge in [0.05, 0.1) is 25.4 Å². The summed E-state index contributed by atoms with van der Waals surface area (Å²) >= 11 is 0. The number of amides is 1. The van der Waals surface area contributed by atoms with E-state index in [2.05, 4.69) is 116 Å². The number of hydrogen-bond acceptors (Lipinski definition) is 8. The van der Waals surface area contributed by atoms with Crippen LogP contribution in [-0.4, -0.2) is 87.5 Å². The highest BCUT2D eigenvalue weighted by Gasteiger charge is 2.44. The molecule has 9 nitrogen and oxygen atoms in total. The highest BCUT2D eigenvalue weighted by atomic mass is 16.7. The van der Waals surface area contributed by atoms with E-state index in [0.29, 0.717) is 6.42 Å².